The standard InChI is InChI=1S/C23H21Cl3N2O3S/c24-19-7-9-20(10-8-19)32(30,31)28(15-18-6-11-21(25)22(26)14-18)16-23(29)27-13-12-17-4-2-1-3-5-17/h1-11,14H,12-13,15-16H2,(H,27,29). The van der Waals surface area contributed by atoms with E-state index in [1.165, 1.54) is 24.3 Å². The Labute approximate surface area is 203 Å². The Bertz CT molecular complexity index is 1170. The van der Waals surface area contributed by atoms with Crippen LogP contribution in [0.5, 0.6) is 0 Å². The Morgan fingerprint density at radius 3 is 2.19 bits per heavy atom. The normalized spacial score (nSPS) is 11.5. The Balaban J connectivity index is 1.76. The lowest BCUT2D eigenvalue weighted by atomic mass is 10.1. The summed E-state index contributed by atoms with van der Waals surface area (Å²) in [6, 6.07) is 20.4. The molecule has 5 nitrogen and oxygen atoms in total. The Morgan fingerprint density at radius 2 is 1.53 bits per heavy atom. The maximum Gasteiger partial charge on any atom is 0.243 e. The summed E-state index contributed by atoms with van der Waals surface area (Å²) in [5, 5.41) is 3.87. The maximum absolute atomic E-state index is 13.3. The molecule has 0 aliphatic carbocycles. The highest BCUT2D eigenvalue weighted by atomic mass is 35.5. The van der Waals surface area contributed by atoms with Crippen LogP contribution in [0.25, 0.3) is 0 Å². The number of hydrogen-bond donors (Lipinski definition) is 1. The molecule has 3 rings (SSSR count). The molecule has 0 aliphatic heterocycles. The van der Waals surface area contributed by atoms with Crippen LogP contribution in [0.15, 0.2) is 77.7 Å². The van der Waals surface area contributed by atoms with E-state index in [1.807, 2.05) is 30.3 Å². The van der Waals surface area contributed by atoms with Crippen LogP contribution in [-0.4, -0.2) is 31.7 Å². The molecular weight excluding hydrogens is 491 g/mol. The number of rotatable bonds is 9. The third kappa shape index (κ3) is 6.70. The number of sulfonamides is 1. The lowest BCUT2D eigenvalue weighted by Gasteiger charge is -2.22. The van der Waals surface area contributed by atoms with Crippen molar-refractivity contribution in [2.24, 2.45) is 0 Å². The van der Waals surface area contributed by atoms with Gasteiger partial charge in [0.2, 0.25) is 15.9 Å². The Hall–Kier alpha value is -2.09. The fraction of sp³-hybridized carbons (Fsp3) is 0.174. The first-order chi connectivity index (χ1) is 15.3. The summed E-state index contributed by atoms with van der Waals surface area (Å²) in [6.07, 6.45) is 0.642. The largest absolute Gasteiger partial charge is 0.355 e. The molecule has 0 heterocycles. The fourth-order valence-electron chi connectivity index (χ4n) is 3.03. The van der Waals surface area contributed by atoms with E-state index in [4.69, 9.17) is 34.8 Å². The molecule has 3 aromatic rings. The molecule has 32 heavy (non-hydrogen) atoms. The predicted octanol–water partition coefficient (Wildman–Crippen LogP) is 5.20. The summed E-state index contributed by atoms with van der Waals surface area (Å²) in [7, 11) is -3.97. The van der Waals surface area contributed by atoms with Gasteiger partial charge in [-0.2, -0.15) is 4.31 Å². The third-order valence-electron chi connectivity index (χ3n) is 4.69. The van der Waals surface area contributed by atoms with E-state index in [-0.39, 0.29) is 18.0 Å². The molecule has 0 saturated heterocycles. The zero-order valence-corrected chi connectivity index (χ0v) is 20.1. The van der Waals surface area contributed by atoms with Gasteiger partial charge in [0, 0.05) is 18.1 Å². The van der Waals surface area contributed by atoms with Crippen LogP contribution in [0.2, 0.25) is 15.1 Å². The molecule has 0 radical (unpaired) electrons. The van der Waals surface area contributed by atoms with E-state index in [9.17, 15) is 13.2 Å². The average molecular weight is 512 g/mol. The van der Waals surface area contributed by atoms with Crippen molar-refractivity contribution in [2.75, 3.05) is 13.1 Å². The molecule has 3 aromatic carbocycles. The number of carbonyl (C=O) groups is 1. The van der Waals surface area contributed by atoms with Gasteiger partial charge in [0.25, 0.3) is 0 Å². The Morgan fingerprint density at radius 1 is 0.844 bits per heavy atom. The first kappa shape index (κ1) is 24.6. The number of hydrogen-bond acceptors (Lipinski definition) is 3. The number of nitrogens with zero attached hydrogens (tertiary/aromatic N) is 1. The molecule has 1 N–H and O–H groups in total. The highest BCUT2D eigenvalue weighted by molar-refractivity contribution is 7.89. The summed E-state index contributed by atoms with van der Waals surface area (Å²) in [5.74, 6) is -0.404. The second kappa shape index (κ2) is 11.2. The molecule has 0 aliphatic rings. The minimum Gasteiger partial charge on any atom is -0.355 e. The first-order valence-electron chi connectivity index (χ1n) is 9.76. The number of benzene rings is 3. The molecule has 0 bridgehead atoms. The monoisotopic (exact) mass is 510 g/mol. The SMILES string of the molecule is O=C(CN(Cc1ccc(Cl)c(Cl)c1)S(=O)(=O)c1ccc(Cl)cc1)NCCc1ccccc1. The molecule has 0 unspecified atom stereocenters. The molecule has 9 heteroatoms. The van der Waals surface area contributed by atoms with Gasteiger partial charge in [-0.05, 0) is 53.9 Å². The summed E-state index contributed by atoms with van der Waals surface area (Å²) < 4.78 is 27.7. The van der Waals surface area contributed by atoms with Crippen LogP contribution in [0.1, 0.15) is 11.1 Å². The van der Waals surface area contributed by atoms with E-state index in [0.29, 0.717) is 33.6 Å². The smallest absolute Gasteiger partial charge is 0.243 e. The maximum atomic E-state index is 13.3. The van der Waals surface area contributed by atoms with E-state index in [2.05, 4.69) is 5.32 Å². The molecule has 0 fully saturated rings. The van der Waals surface area contributed by atoms with Crippen LogP contribution >= 0.6 is 34.8 Å². The van der Waals surface area contributed by atoms with Gasteiger partial charge in [-0.3, -0.25) is 4.79 Å². The third-order valence-corrected chi connectivity index (χ3v) is 7.49. The van der Waals surface area contributed by atoms with Gasteiger partial charge in [-0.15, -0.1) is 0 Å². The molecule has 168 valence electrons. The van der Waals surface area contributed by atoms with E-state index >= 15 is 0 Å². The quantitative estimate of drug-likeness (QED) is 0.429. The van der Waals surface area contributed by atoms with Crippen molar-refractivity contribution in [3.63, 3.8) is 0 Å². The molecule has 0 saturated carbocycles. The Kier molecular flexibility index (Phi) is 8.57. The van der Waals surface area contributed by atoms with Gasteiger partial charge in [-0.1, -0.05) is 71.2 Å². The van der Waals surface area contributed by atoms with Crippen molar-refractivity contribution < 1.29 is 13.2 Å². The van der Waals surface area contributed by atoms with Gasteiger partial charge < -0.3 is 5.32 Å². The van der Waals surface area contributed by atoms with E-state index < -0.39 is 15.9 Å². The summed E-state index contributed by atoms with van der Waals surface area (Å²) in [4.78, 5) is 12.6. The summed E-state index contributed by atoms with van der Waals surface area (Å²) in [5.41, 5.74) is 1.68. The summed E-state index contributed by atoms with van der Waals surface area (Å²) >= 11 is 17.9. The van der Waals surface area contributed by atoms with Gasteiger partial charge >= 0.3 is 0 Å². The van der Waals surface area contributed by atoms with Crippen molar-refractivity contribution in [3.8, 4) is 0 Å². The number of amides is 1. The van der Waals surface area contributed by atoms with Crippen LogP contribution < -0.4 is 5.32 Å². The first-order valence-corrected chi connectivity index (χ1v) is 12.3. The highest BCUT2D eigenvalue weighted by Gasteiger charge is 2.27. The summed E-state index contributed by atoms with van der Waals surface area (Å²) in [6.45, 7) is -0.00159. The minimum absolute atomic E-state index is 0.0408. The van der Waals surface area contributed by atoms with Gasteiger partial charge in [0.05, 0.1) is 21.5 Å². The topological polar surface area (TPSA) is 66.5 Å². The predicted molar refractivity (Wildman–Crippen MR) is 129 cm³/mol. The zero-order chi connectivity index (χ0) is 23.1. The molecule has 0 spiro atoms. The molecule has 0 atom stereocenters. The minimum atomic E-state index is -3.97. The second-order valence-electron chi connectivity index (χ2n) is 7.06. The van der Waals surface area contributed by atoms with Crippen molar-refractivity contribution in [2.45, 2.75) is 17.9 Å². The lowest BCUT2D eigenvalue weighted by molar-refractivity contribution is -0.121. The second-order valence-corrected chi connectivity index (χ2v) is 10.2. The van der Waals surface area contributed by atoms with Gasteiger partial charge in [-0.25, -0.2) is 8.42 Å². The van der Waals surface area contributed by atoms with E-state index in [0.717, 1.165) is 9.87 Å². The number of halogens is 3. The highest BCUT2D eigenvalue weighted by Crippen LogP contribution is 2.25. The van der Waals surface area contributed by atoms with Crippen molar-refractivity contribution in [3.05, 3.63) is 99.0 Å². The lowest BCUT2D eigenvalue weighted by Crippen LogP contribution is -2.40. The van der Waals surface area contributed by atoms with Crippen LogP contribution in [-0.2, 0) is 27.8 Å². The zero-order valence-electron chi connectivity index (χ0n) is 17.0. The average Bonchev–Trinajstić information content (AvgIpc) is 2.77. The van der Waals surface area contributed by atoms with Crippen LogP contribution in [0.4, 0.5) is 0 Å². The molecule has 1 amide bonds. The van der Waals surface area contributed by atoms with Crippen LogP contribution in [0, 0.1) is 0 Å². The number of nitrogens with one attached hydrogen (secondary N) is 1. The fourth-order valence-corrected chi connectivity index (χ4v) is 4.86. The van der Waals surface area contributed by atoms with Crippen molar-refractivity contribution in [1.82, 2.24) is 9.62 Å². The van der Waals surface area contributed by atoms with Gasteiger partial charge in [0.1, 0.15) is 0 Å². The number of carbonyl (C=O) groups excluding carboxylic acids is 1. The van der Waals surface area contributed by atoms with E-state index in [1.54, 1.807) is 18.2 Å². The molecular formula is C23H21Cl3N2O3S. The molecule has 0 aromatic heterocycles. The van der Waals surface area contributed by atoms with Crippen LogP contribution in [0.3, 0.4) is 0 Å². The van der Waals surface area contributed by atoms with Crippen molar-refractivity contribution >= 4 is 50.7 Å². The van der Waals surface area contributed by atoms with Crippen molar-refractivity contribution in [1.29, 1.82) is 0 Å². The van der Waals surface area contributed by atoms with Gasteiger partial charge in [0.15, 0.2) is 0 Å².